The molecule has 1 amide bonds. The molecule has 1 saturated carbocycles. The fraction of sp³-hybridized carbons (Fsp3) is 0.400. The van der Waals surface area contributed by atoms with Gasteiger partial charge in [0.15, 0.2) is 5.65 Å². The second kappa shape index (κ2) is 8.10. The second-order valence-corrected chi connectivity index (χ2v) is 9.09. The van der Waals surface area contributed by atoms with Gasteiger partial charge in [-0.05, 0) is 49.9 Å². The number of benzene rings is 1. The van der Waals surface area contributed by atoms with E-state index in [1.54, 1.807) is 0 Å². The van der Waals surface area contributed by atoms with E-state index in [0.29, 0.717) is 42.8 Å². The van der Waals surface area contributed by atoms with Crippen LogP contribution in [0.3, 0.4) is 0 Å². The number of para-hydroxylation sites is 1. The lowest BCUT2D eigenvalue weighted by Gasteiger charge is -2.31. The number of nitrogens with zero attached hydrogens (tertiary/aromatic N) is 6. The van der Waals surface area contributed by atoms with E-state index in [2.05, 4.69) is 10.2 Å². The van der Waals surface area contributed by atoms with Crippen molar-refractivity contribution < 1.29 is 4.79 Å². The Morgan fingerprint density at radius 1 is 0.970 bits per heavy atom. The Balaban J connectivity index is 1.14. The number of rotatable bonds is 5. The van der Waals surface area contributed by atoms with E-state index in [9.17, 15) is 9.59 Å². The summed E-state index contributed by atoms with van der Waals surface area (Å²) in [4.78, 5) is 32.7. The number of carbonyl (C=O) groups excluding carboxylic acids is 1. The summed E-state index contributed by atoms with van der Waals surface area (Å²) in [5, 5.41) is 9.32. The number of pyridine rings is 1. The average molecular weight is 443 g/mol. The molecule has 33 heavy (non-hydrogen) atoms. The Morgan fingerprint density at radius 3 is 2.58 bits per heavy atom. The molecular formula is C25H26N6O2. The van der Waals surface area contributed by atoms with Crippen molar-refractivity contribution in [3.8, 4) is 0 Å². The van der Waals surface area contributed by atoms with Gasteiger partial charge in [-0.2, -0.15) is 0 Å². The van der Waals surface area contributed by atoms with Gasteiger partial charge in [0.05, 0.1) is 10.9 Å². The summed E-state index contributed by atoms with van der Waals surface area (Å²) >= 11 is 0. The predicted molar refractivity (Wildman–Crippen MR) is 124 cm³/mol. The number of aromatic nitrogens is 5. The van der Waals surface area contributed by atoms with Gasteiger partial charge in [0.1, 0.15) is 11.6 Å². The summed E-state index contributed by atoms with van der Waals surface area (Å²) < 4.78 is 3.88. The number of likely N-dealkylation sites (tertiary alicyclic amines) is 1. The SMILES string of the molecule is O=C(CCc1nc2ccccc2c(=O)n1C1CC1)N1CCC(c2nnc3ccccn23)CC1. The number of aryl methyl sites for hydroxylation is 1. The van der Waals surface area contributed by atoms with Crippen LogP contribution in [0.2, 0.25) is 0 Å². The first kappa shape index (κ1) is 20.1. The number of hydrogen-bond acceptors (Lipinski definition) is 5. The van der Waals surface area contributed by atoms with Crippen LogP contribution in [0.5, 0.6) is 0 Å². The standard InChI is InChI=1S/C25H26N6O2/c32-23(29-15-12-17(13-16-29)24-28-27-22-7-3-4-14-30(22)24)11-10-21-26-20-6-2-1-5-19(20)25(33)31(21)18-8-9-18/h1-7,14,17-18H,8-13,15-16H2. The van der Waals surface area contributed by atoms with Gasteiger partial charge in [0.25, 0.3) is 5.56 Å². The van der Waals surface area contributed by atoms with Gasteiger partial charge in [0.2, 0.25) is 5.91 Å². The van der Waals surface area contributed by atoms with E-state index in [0.717, 1.165) is 43.0 Å². The van der Waals surface area contributed by atoms with Crippen LogP contribution in [0.4, 0.5) is 0 Å². The van der Waals surface area contributed by atoms with Crippen molar-refractivity contribution in [1.29, 1.82) is 0 Å². The highest BCUT2D eigenvalue weighted by Gasteiger charge is 2.30. The summed E-state index contributed by atoms with van der Waals surface area (Å²) in [5.41, 5.74) is 1.59. The number of hydrogen-bond donors (Lipinski definition) is 0. The van der Waals surface area contributed by atoms with E-state index in [1.165, 1.54) is 0 Å². The van der Waals surface area contributed by atoms with Gasteiger partial charge < -0.3 is 4.90 Å². The Morgan fingerprint density at radius 2 is 1.76 bits per heavy atom. The molecule has 1 aliphatic heterocycles. The summed E-state index contributed by atoms with van der Waals surface area (Å²) in [6.45, 7) is 1.43. The summed E-state index contributed by atoms with van der Waals surface area (Å²) in [7, 11) is 0. The van der Waals surface area contributed by atoms with Gasteiger partial charge in [-0.25, -0.2) is 4.98 Å². The molecule has 0 spiro atoms. The molecule has 0 N–H and O–H groups in total. The van der Waals surface area contributed by atoms with Gasteiger partial charge in [0, 0.05) is 44.1 Å². The molecule has 4 aromatic rings. The molecule has 0 atom stereocenters. The third kappa shape index (κ3) is 3.69. The molecule has 2 fully saturated rings. The van der Waals surface area contributed by atoms with E-state index in [4.69, 9.17) is 4.98 Å². The van der Waals surface area contributed by atoms with Crippen LogP contribution in [-0.4, -0.2) is 48.0 Å². The monoisotopic (exact) mass is 442 g/mol. The molecule has 4 heterocycles. The maximum atomic E-state index is 13.0. The molecule has 1 aliphatic carbocycles. The first-order valence-corrected chi connectivity index (χ1v) is 11.8. The smallest absolute Gasteiger partial charge is 0.261 e. The maximum Gasteiger partial charge on any atom is 0.261 e. The molecule has 0 radical (unpaired) electrons. The van der Waals surface area contributed by atoms with E-state index in [1.807, 2.05) is 62.5 Å². The highest BCUT2D eigenvalue weighted by Crippen LogP contribution is 2.35. The third-order valence-corrected chi connectivity index (χ3v) is 6.91. The molecule has 0 bridgehead atoms. The Hall–Kier alpha value is -3.55. The fourth-order valence-corrected chi connectivity index (χ4v) is 4.98. The molecule has 1 saturated heterocycles. The highest BCUT2D eigenvalue weighted by molar-refractivity contribution is 5.78. The summed E-state index contributed by atoms with van der Waals surface area (Å²) in [5.74, 6) is 2.14. The Bertz CT molecular complexity index is 1400. The number of carbonyl (C=O) groups is 1. The minimum absolute atomic E-state index is 0.0203. The molecule has 1 aromatic carbocycles. The van der Waals surface area contributed by atoms with Gasteiger partial charge in [-0.15, -0.1) is 10.2 Å². The van der Waals surface area contributed by atoms with Crippen molar-refractivity contribution in [2.24, 2.45) is 0 Å². The minimum atomic E-state index is 0.0203. The Kier molecular flexibility index (Phi) is 4.93. The zero-order chi connectivity index (χ0) is 22.4. The fourth-order valence-electron chi connectivity index (χ4n) is 4.98. The molecule has 8 nitrogen and oxygen atoms in total. The van der Waals surface area contributed by atoms with Crippen molar-refractivity contribution >= 4 is 22.5 Å². The van der Waals surface area contributed by atoms with Crippen LogP contribution < -0.4 is 5.56 Å². The van der Waals surface area contributed by atoms with Crippen molar-refractivity contribution in [1.82, 2.24) is 29.0 Å². The van der Waals surface area contributed by atoms with Crippen molar-refractivity contribution in [2.45, 2.75) is 50.5 Å². The molecule has 3 aromatic heterocycles. The lowest BCUT2D eigenvalue weighted by molar-refractivity contribution is -0.132. The largest absolute Gasteiger partial charge is 0.343 e. The number of fused-ring (bicyclic) bond motifs is 2. The van der Waals surface area contributed by atoms with E-state index in [-0.39, 0.29) is 17.5 Å². The van der Waals surface area contributed by atoms with Crippen molar-refractivity contribution in [3.05, 3.63) is 70.7 Å². The quantitative estimate of drug-likeness (QED) is 0.474. The van der Waals surface area contributed by atoms with Crippen molar-refractivity contribution in [3.63, 3.8) is 0 Å². The second-order valence-electron chi connectivity index (χ2n) is 9.09. The van der Waals surface area contributed by atoms with E-state index < -0.39 is 0 Å². The number of amides is 1. The summed E-state index contributed by atoms with van der Waals surface area (Å²) in [6.07, 6.45) is 6.63. The lowest BCUT2D eigenvalue weighted by atomic mass is 9.95. The van der Waals surface area contributed by atoms with Crippen LogP contribution in [0.1, 0.15) is 55.7 Å². The van der Waals surface area contributed by atoms with Crippen LogP contribution in [-0.2, 0) is 11.2 Å². The first-order valence-electron chi connectivity index (χ1n) is 11.8. The maximum absolute atomic E-state index is 13.0. The third-order valence-electron chi connectivity index (χ3n) is 6.91. The van der Waals surface area contributed by atoms with Gasteiger partial charge in [-0.3, -0.25) is 18.6 Å². The van der Waals surface area contributed by atoms with E-state index >= 15 is 0 Å². The minimum Gasteiger partial charge on any atom is -0.343 e. The highest BCUT2D eigenvalue weighted by atomic mass is 16.2. The lowest BCUT2D eigenvalue weighted by Crippen LogP contribution is -2.38. The molecule has 0 unspecified atom stereocenters. The predicted octanol–water partition coefficient (Wildman–Crippen LogP) is 3.11. The Labute approximate surface area is 190 Å². The van der Waals surface area contributed by atoms with Crippen LogP contribution in [0, 0.1) is 0 Å². The average Bonchev–Trinajstić information content (AvgIpc) is 3.60. The van der Waals surface area contributed by atoms with Crippen LogP contribution >= 0.6 is 0 Å². The zero-order valence-corrected chi connectivity index (χ0v) is 18.4. The molecular weight excluding hydrogens is 416 g/mol. The first-order chi connectivity index (χ1) is 16.2. The molecule has 2 aliphatic rings. The van der Waals surface area contributed by atoms with Crippen molar-refractivity contribution in [2.75, 3.05) is 13.1 Å². The zero-order valence-electron chi connectivity index (χ0n) is 18.4. The number of piperidine rings is 1. The van der Waals surface area contributed by atoms with Crippen LogP contribution in [0.25, 0.3) is 16.6 Å². The molecule has 168 valence electrons. The van der Waals surface area contributed by atoms with Gasteiger partial charge in [-0.1, -0.05) is 18.2 Å². The molecule has 6 rings (SSSR count). The van der Waals surface area contributed by atoms with Crippen LogP contribution in [0.15, 0.2) is 53.5 Å². The van der Waals surface area contributed by atoms with Gasteiger partial charge >= 0.3 is 0 Å². The normalized spacial score (nSPS) is 17.2. The summed E-state index contributed by atoms with van der Waals surface area (Å²) in [6, 6.07) is 13.6. The molecule has 8 heteroatoms. The topological polar surface area (TPSA) is 85.4 Å².